The van der Waals surface area contributed by atoms with Crippen LogP contribution in [-0.2, 0) is 19.2 Å². The van der Waals surface area contributed by atoms with Crippen LogP contribution in [0, 0.1) is 0 Å². The molecule has 0 amide bonds. The fraction of sp³-hybridized carbons (Fsp3) is 0.444. The van der Waals surface area contributed by atoms with Gasteiger partial charge in [-0.3, -0.25) is 14.6 Å². The highest BCUT2D eigenvalue weighted by molar-refractivity contribution is 5.97. The first-order valence-corrected chi connectivity index (χ1v) is 12.4. The summed E-state index contributed by atoms with van der Waals surface area (Å²) in [5.74, 6) is -5.26. The molecule has 12 nitrogen and oxygen atoms in total. The maximum atomic E-state index is 12.5. The van der Waals surface area contributed by atoms with E-state index < -0.39 is 23.9 Å². The summed E-state index contributed by atoms with van der Waals surface area (Å²) < 4.78 is 0. The number of aliphatic hydroxyl groups is 1. The molecule has 0 radical (unpaired) electrons. The van der Waals surface area contributed by atoms with Crippen LogP contribution in [0.5, 0.6) is 0 Å². The number of rotatable bonds is 10. The minimum absolute atomic E-state index is 0.215. The number of benzene rings is 1. The molecule has 1 saturated heterocycles. The number of piperazine rings is 1. The Morgan fingerprint density at radius 2 is 1.13 bits per heavy atom. The zero-order valence-corrected chi connectivity index (χ0v) is 21.5. The first-order chi connectivity index (χ1) is 18.5. The van der Waals surface area contributed by atoms with Crippen LogP contribution in [0.3, 0.4) is 0 Å². The van der Waals surface area contributed by atoms with E-state index in [4.69, 9.17) is 5.11 Å². The molecule has 2 fully saturated rings. The lowest BCUT2D eigenvalue weighted by atomic mass is 9.96. The number of carbonyl (C=O) groups is 5. The number of nitrogens with zero attached hydrogens (tertiary/aromatic N) is 2. The van der Waals surface area contributed by atoms with Crippen LogP contribution >= 0.6 is 0 Å². The number of hydrogen-bond acceptors (Lipinski definition) is 12. The van der Waals surface area contributed by atoms with Crippen LogP contribution in [0.25, 0.3) is 0 Å². The molecular weight excluding hydrogens is 512 g/mol. The fourth-order valence-electron chi connectivity index (χ4n) is 4.08. The molecule has 1 heterocycles. The average Bonchev–Trinajstić information content (AvgIpc) is 3.44. The highest BCUT2D eigenvalue weighted by Gasteiger charge is 2.20. The van der Waals surface area contributed by atoms with E-state index in [0.29, 0.717) is 36.8 Å². The van der Waals surface area contributed by atoms with E-state index in [-0.39, 0.29) is 12.4 Å². The van der Waals surface area contributed by atoms with E-state index in [2.05, 4.69) is 21.9 Å². The van der Waals surface area contributed by atoms with Gasteiger partial charge in [0, 0.05) is 38.3 Å². The lowest BCUT2D eigenvalue weighted by molar-refractivity contribution is -0.301. The summed E-state index contributed by atoms with van der Waals surface area (Å²) in [6.07, 6.45) is 6.81. The van der Waals surface area contributed by atoms with Crippen molar-refractivity contribution in [3.05, 3.63) is 59.7 Å². The normalized spacial score (nSPS) is 16.2. The number of aliphatic hydroxyl groups excluding tert-OH is 1. The van der Waals surface area contributed by atoms with Crippen molar-refractivity contribution in [3.8, 4) is 0 Å². The molecule has 39 heavy (non-hydrogen) atoms. The van der Waals surface area contributed by atoms with Crippen LogP contribution < -0.4 is 20.4 Å². The number of β-amino-alcohol motifs (C(OH)–C–C–N with tert-alkyl or cyclic N) is 1. The van der Waals surface area contributed by atoms with E-state index >= 15 is 0 Å². The number of carboxylic acids is 4. The lowest BCUT2D eigenvalue weighted by Crippen LogP contribution is -2.48. The molecule has 0 bridgehead atoms. The van der Waals surface area contributed by atoms with E-state index in [0.717, 1.165) is 38.3 Å². The van der Waals surface area contributed by atoms with Gasteiger partial charge in [0.1, 0.15) is 0 Å². The Hall–Kier alpha value is -3.87. The van der Waals surface area contributed by atoms with Crippen molar-refractivity contribution in [1.29, 1.82) is 0 Å². The van der Waals surface area contributed by atoms with Crippen molar-refractivity contribution >= 4 is 29.7 Å². The minimum atomic E-state index is -1.55. The van der Waals surface area contributed by atoms with Gasteiger partial charge in [0.05, 0.1) is 37.0 Å². The standard InChI is InChI=1S/C19H28N2O2.2C4H4O4/c22-14-13-20-9-11-21(12-10-20)15-19(23)18-7-5-17(6-8-18)16-3-1-2-4-16;2*5-3(6)1-2-4(7)8/h5-8,16,22H,1-4,9-15H2;2*1-2H,(H,5,6)(H,7,8)/p-4/b;2*2-1-. The Bertz CT molecular complexity index is 940. The fourth-order valence-corrected chi connectivity index (χ4v) is 4.08. The molecule has 0 atom stereocenters. The van der Waals surface area contributed by atoms with Gasteiger partial charge in [0.2, 0.25) is 0 Å². The van der Waals surface area contributed by atoms with Crippen molar-refractivity contribution in [2.75, 3.05) is 45.9 Å². The molecule has 0 spiro atoms. The second-order valence-electron chi connectivity index (χ2n) is 8.81. The predicted octanol–water partition coefficient (Wildman–Crippen LogP) is -3.78. The second-order valence-corrected chi connectivity index (χ2v) is 8.81. The molecule has 3 rings (SSSR count). The zero-order valence-electron chi connectivity index (χ0n) is 21.5. The number of carboxylic acid groups (broad SMARTS) is 4. The van der Waals surface area contributed by atoms with Gasteiger partial charge in [-0.2, -0.15) is 0 Å². The van der Waals surface area contributed by atoms with Crippen molar-refractivity contribution in [1.82, 2.24) is 9.80 Å². The first-order valence-electron chi connectivity index (χ1n) is 12.4. The molecule has 1 N–H and O–H groups in total. The molecular formula is C27H32N2O10-4. The highest BCUT2D eigenvalue weighted by atomic mass is 16.4. The molecule has 1 aromatic rings. The molecule has 1 saturated carbocycles. The van der Waals surface area contributed by atoms with Crippen molar-refractivity contribution < 1.29 is 49.5 Å². The molecule has 1 aliphatic heterocycles. The maximum absolute atomic E-state index is 12.5. The third kappa shape index (κ3) is 15.2. The lowest BCUT2D eigenvalue weighted by Gasteiger charge is -2.33. The number of aliphatic carboxylic acids is 4. The summed E-state index contributed by atoms with van der Waals surface area (Å²) in [6, 6.07) is 8.33. The second kappa shape index (κ2) is 18.4. The maximum Gasteiger partial charge on any atom is 0.176 e. The number of Topliss-reactive ketones (excluding diaryl/α,β-unsaturated/α-hetero) is 1. The van der Waals surface area contributed by atoms with Crippen LogP contribution in [-0.4, -0.2) is 90.4 Å². The van der Waals surface area contributed by atoms with Gasteiger partial charge in [0.15, 0.2) is 5.78 Å². The Morgan fingerprint density at radius 1 is 0.718 bits per heavy atom. The van der Waals surface area contributed by atoms with E-state index in [1.54, 1.807) is 0 Å². The summed E-state index contributed by atoms with van der Waals surface area (Å²) >= 11 is 0. The smallest absolute Gasteiger partial charge is 0.176 e. The van der Waals surface area contributed by atoms with Crippen molar-refractivity contribution in [2.45, 2.75) is 31.6 Å². The summed E-state index contributed by atoms with van der Waals surface area (Å²) in [5, 5.41) is 46.6. The van der Waals surface area contributed by atoms with Crippen LogP contribution in [0.1, 0.15) is 47.5 Å². The van der Waals surface area contributed by atoms with Gasteiger partial charge >= 0.3 is 0 Å². The van der Waals surface area contributed by atoms with Gasteiger partial charge < -0.3 is 44.7 Å². The topological polar surface area (TPSA) is 204 Å². The molecule has 1 aromatic carbocycles. The van der Waals surface area contributed by atoms with E-state index in [1.165, 1.54) is 31.2 Å². The number of hydrogen-bond donors (Lipinski definition) is 1. The van der Waals surface area contributed by atoms with Crippen molar-refractivity contribution in [2.24, 2.45) is 0 Å². The molecule has 0 aromatic heterocycles. The van der Waals surface area contributed by atoms with Gasteiger partial charge in [-0.15, -0.1) is 0 Å². The third-order valence-electron chi connectivity index (χ3n) is 6.02. The number of ketones is 1. The Balaban J connectivity index is 0.000000393. The average molecular weight is 545 g/mol. The summed E-state index contributed by atoms with van der Waals surface area (Å²) in [7, 11) is 0. The molecule has 1 aliphatic carbocycles. The Morgan fingerprint density at radius 3 is 1.51 bits per heavy atom. The van der Waals surface area contributed by atoms with Crippen LogP contribution in [0.2, 0.25) is 0 Å². The van der Waals surface area contributed by atoms with Gasteiger partial charge in [0.25, 0.3) is 0 Å². The monoisotopic (exact) mass is 544 g/mol. The van der Waals surface area contributed by atoms with Gasteiger partial charge in [-0.1, -0.05) is 37.1 Å². The SMILES string of the molecule is O=C(CN1CCN(CCO)CC1)c1ccc(C2CCCC2)cc1.O=C([O-])/C=C\C(=O)[O-].O=C([O-])/C=C\C(=O)[O-]. The quantitative estimate of drug-likeness (QED) is 0.223. The minimum Gasteiger partial charge on any atom is -0.545 e. The van der Waals surface area contributed by atoms with E-state index in [9.17, 15) is 44.4 Å². The van der Waals surface area contributed by atoms with Gasteiger partial charge in [-0.05, 0) is 48.6 Å². The largest absolute Gasteiger partial charge is 0.545 e. The molecule has 12 heteroatoms. The molecule has 214 valence electrons. The van der Waals surface area contributed by atoms with Crippen molar-refractivity contribution in [3.63, 3.8) is 0 Å². The number of carbonyl (C=O) groups excluding carboxylic acids is 5. The molecule has 0 unspecified atom stereocenters. The molecule has 2 aliphatic rings. The first kappa shape index (κ1) is 33.2. The highest BCUT2D eigenvalue weighted by Crippen LogP contribution is 2.33. The summed E-state index contributed by atoms with van der Waals surface area (Å²) in [5.41, 5.74) is 2.24. The van der Waals surface area contributed by atoms with Crippen LogP contribution in [0.15, 0.2) is 48.6 Å². The Labute approximate surface area is 226 Å². The summed E-state index contributed by atoms with van der Waals surface area (Å²) in [4.78, 5) is 54.6. The summed E-state index contributed by atoms with van der Waals surface area (Å²) in [6.45, 7) is 5.16. The van der Waals surface area contributed by atoms with E-state index in [1.807, 2.05) is 12.1 Å². The van der Waals surface area contributed by atoms with Gasteiger partial charge in [-0.25, -0.2) is 0 Å². The predicted molar refractivity (Wildman–Crippen MR) is 130 cm³/mol. The zero-order chi connectivity index (χ0) is 29.2. The third-order valence-corrected chi connectivity index (χ3v) is 6.02. The van der Waals surface area contributed by atoms with Crippen LogP contribution in [0.4, 0.5) is 0 Å². The Kier molecular flexibility index (Phi) is 15.6.